The zero-order valence-corrected chi connectivity index (χ0v) is 13.9. The van der Waals surface area contributed by atoms with Gasteiger partial charge in [-0.15, -0.1) is 0 Å². The maximum Gasteiger partial charge on any atom is 0.412 e. The number of carboxylic acids is 1. The summed E-state index contributed by atoms with van der Waals surface area (Å²) in [6.07, 6.45) is -4.14. The Morgan fingerprint density at radius 2 is 1.85 bits per heavy atom. The highest BCUT2D eigenvalue weighted by atomic mass is 19.4. The number of hydrogen-bond acceptors (Lipinski definition) is 3. The Balaban J connectivity index is 2.12. The SMILES string of the molecule is O=C(O)C1CCCN(C(=O)NC(c2ccc(OC(F)F)cc2)C(F)(F)F)C1. The van der Waals surface area contributed by atoms with Crippen molar-refractivity contribution in [3.63, 3.8) is 0 Å². The van der Waals surface area contributed by atoms with Gasteiger partial charge in [-0.3, -0.25) is 4.79 Å². The Kier molecular flexibility index (Phi) is 6.45. The normalized spacial score (nSPS) is 18.9. The molecule has 0 saturated carbocycles. The lowest BCUT2D eigenvalue weighted by Crippen LogP contribution is -2.50. The molecule has 0 spiro atoms. The Morgan fingerprint density at radius 1 is 1.22 bits per heavy atom. The van der Waals surface area contributed by atoms with Gasteiger partial charge < -0.3 is 20.1 Å². The molecule has 150 valence electrons. The minimum atomic E-state index is -4.84. The number of hydrogen-bond donors (Lipinski definition) is 2. The van der Waals surface area contributed by atoms with E-state index in [1.54, 1.807) is 0 Å². The van der Waals surface area contributed by atoms with Crippen LogP contribution in [0.2, 0.25) is 0 Å². The Hall–Kier alpha value is -2.59. The first-order chi connectivity index (χ1) is 12.6. The van der Waals surface area contributed by atoms with Gasteiger partial charge in [0.25, 0.3) is 0 Å². The number of aliphatic carboxylic acids is 1. The van der Waals surface area contributed by atoms with E-state index in [9.17, 15) is 31.5 Å². The molecule has 2 N–H and O–H groups in total. The first-order valence-electron chi connectivity index (χ1n) is 7.97. The first-order valence-corrected chi connectivity index (χ1v) is 7.97. The van der Waals surface area contributed by atoms with Crippen LogP contribution in [-0.2, 0) is 4.79 Å². The number of carbonyl (C=O) groups excluding carboxylic acids is 1. The summed E-state index contributed by atoms with van der Waals surface area (Å²) in [6.45, 7) is -3.16. The minimum Gasteiger partial charge on any atom is -0.481 e. The fourth-order valence-electron chi connectivity index (χ4n) is 2.77. The molecule has 2 unspecified atom stereocenters. The van der Waals surface area contributed by atoms with Crippen LogP contribution in [0.25, 0.3) is 0 Å². The van der Waals surface area contributed by atoms with Gasteiger partial charge in [0.2, 0.25) is 0 Å². The van der Waals surface area contributed by atoms with Crippen LogP contribution in [0.1, 0.15) is 24.4 Å². The van der Waals surface area contributed by atoms with E-state index in [4.69, 9.17) is 5.11 Å². The van der Waals surface area contributed by atoms with Crippen LogP contribution in [0, 0.1) is 5.92 Å². The highest BCUT2D eigenvalue weighted by molar-refractivity contribution is 5.77. The van der Waals surface area contributed by atoms with Gasteiger partial charge in [-0.2, -0.15) is 22.0 Å². The van der Waals surface area contributed by atoms with Gasteiger partial charge in [-0.1, -0.05) is 12.1 Å². The molecule has 1 aliphatic rings. The summed E-state index contributed by atoms with van der Waals surface area (Å²) in [4.78, 5) is 24.3. The Bertz CT molecular complexity index is 666. The maximum atomic E-state index is 13.4. The summed E-state index contributed by atoms with van der Waals surface area (Å²) >= 11 is 0. The lowest BCUT2D eigenvalue weighted by molar-refractivity contribution is -0.156. The van der Waals surface area contributed by atoms with Crippen molar-refractivity contribution in [3.8, 4) is 5.75 Å². The number of ether oxygens (including phenoxy) is 1. The number of halogens is 5. The van der Waals surface area contributed by atoms with Gasteiger partial charge in [0.15, 0.2) is 6.04 Å². The van der Waals surface area contributed by atoms with Gasteiger partial charge in [0, 0.05) is 13.1 Å². The monoisotopic (exact) mass is 396 g/mol. The van der Waals surface area contributed by atoms with Crippen molar-refractivity contribution in [2.45, 2.75) is 31.7 Å². The van der Waals surface area contributed by atoms with Crippen LogP contribution < -0.4 is 10.1 Å². The molecule has 1 aromatic carbocycles. The summed E-state index contributed by atoms with van der Waals surface area (Å²) in [6, 6.07) is 0.298. The van der Waals surface area contributed by atoms with Gasteiger partial charge in [0.05, 0.1) is 5.92 Å². The van der Waals surface area contributed by atoms with Crippen molar-refractivity contribution in [1.29, 1.82) is 0 Å². The number of likely N-dealkylation sites (tertiary alicyclic amines) is 1. The number of carbonyl (C=O) groups is 2. The summed E-state index contributed by atoms with van der Waals surface area (Å²) in [5.74, 6) is -2.27. The zero-order valence-electron chi connectivity index (χ0n) is 13.9. The van der Waals surface area contributed by atoms with E-state index in [0.29, 0.717) is 12.8 Å². The highest BCUT2D eigenvalue weighted by Crippen LogP contribution is 2.34. The van der Waals surface area contributed by atoms with Crippen LogP contribution >= 0.6 is 0 Å². The number of carboxylic acid groups (broad SMARTS) is 1. The van der Waals surface area contributed by atoms with Crippen LogP contribution in [0.15, 0.2) is 24.3 Å². The molecular weight excluding hydrogens is 379 g/mol. The lowest BCUT2D eigenvalue weighted by Gasteiger charge is -2.32. The quantitative estimate of drug-likeness (QED) is 0.748. The van der Waals surface area contributed by atoms with Crippen LogP contribution in [0.4, 0.5) is 26.7 Å². The number of nitrogens with zero attached hydrogens (tertiary/aromatic N) is 1. The van der Waals surface area contributed by atoms with Crippen molar-refractivity contribution in [1.82, 2.24) is 10.2 Å². The van der Waals surface area contributed by atoms with Crippen molar-refractivity contribution in [2.75, 3.05) is 13.1 Å². The average molecular weight is 396 g/mol. The van der Waals surface area contributed by atoms with E-state index >= 15 is 0 Å². The number of alkyl halides is 5. The predicted molar refractivity (Wildman–Crippen MR) is 82.3 cm³/mol. The van der Waals surface area contributed by atoms with Crippen molar-refractivity contribution < 1.29 is 41.4 Å². The molecule has 2 amide bonds. The third kappa shape index (κ3) is 5.69. The zero-order chi connectivity index (χ0) is 20.2. The number of urea groups is 1. The van der Waals surface area contributed by atoms with E-state index < -0.39 is 36.7 Å². The molecule has 0 aromatic heterocycles. The molecule has 1 aliphatic heterocycles. The molecule has 11 heteroatoms. The second kappa shape index (κ2) is 8.40. The van der Waals surface area contributed by atoms with Crippen LogP contribution in [0.3, 0.4) is 0 Å². The second-order valence-electron chi connectivity index (χ2n) is 6.00. The van der Waals surface area contributed by atoms with Crippen LogP contribution in [-0.4, -0.2) is 47.9 Å². The Morgan fingerprint density at radius 3 is 2.37 bits per heavy atom. The molecule has 1 fully saturated rings. The minimum absolute atomic E-state index is 0.140. The lowest BCUT2D eigenvalue weighted by atomic mass is 9.98. The summed E-state index contributed by atoms with van der Waals surface area (Å²) in [5.41, 5.74) is -0.371. The number of piperidine rings is 1. The third-order valence-corrected chi connectivity index (χ3v) is 4.09. The van der Waals surface area contributed by atoms with E-state index in [0.717, 1.165) is 29.2 Å². The topological polar surface area (TPSA) is 78.9 Å². The predicted octanol–water partition coefficient (Wildman–Crippen LogP) is 3.40. The van der Waals surface area contributed by atoms with Gasteiger partial charge in [0.1, 0.15) is 5.75 Å². The third-order valence-electron chi connectivity index (χ3n) is 4.09. The van der Waals surface area contributed by atoms with Crippen molar-refractivity contribution >= 4 is 12.0 Å². The van der Waals surface area contributed by atoms with Gasteiger partial charge in [-0.25, -0.2) is 4.79 Å². The molecule has 2 rings (SSSR count). The second-order valence-corrected chi connectivity index (χ2v) is 6.00. The number of nitrogens with one attached hydrogen (secondary N) is 1. The fraction of sp³-hybridized carbons (Fsp3) is 0.500. The van der Waals surface area contributed by atoms with E-state index in [-0.39, 0.29) is 24.4 Å². The molecule has 1 aromatic rings. The van der Waals surface area contributed by atoms with Crippen molar-refractivity contribution in [3.05, 3.63) is 29.8 Å². The molecular formula is C16H17F5N2O4. The number of amides is 2. The molecule has 27 heavy (non-hydrogen) atoms. The number of rotatable bonds is 5. The van der Waals surface area contributed by atoms with Gasteiger partial charge >= 0.3 is 24.8 Å². The van der Waals surface area contributed by atoms with Crippen LogP contribution in [0.5, 0.6) is 5.75 Å². The smallest absolute Gasteiger partial charge is 0.412 e. The fourth-order valence-corrected chi connectivity index (χ4v) is 2.77. The summed E-state index contributed by atoms with van der Waals surface area (Å²) in [7, 11) is 0. The molecule has 1 saturated heterocycles. The largest absolute Gasteiger partial charge is 0.481 e. The molecule has 1 heterocycles. The molecule has 2 atom stereocenters. The molecule has 0 bridgehead atoms. The summed E-state index contributed by atoms with van der Waals surface area (Å²) < 4.78 is 68.4. The van der Waals surface area contributed by atoms with E-state index in [1.165, 1.54) is 0 Å². The van der Waals surface area contributed by atoms with Crippen molar-refractivity contribution in [2.24, 2.45) is 5.92 Å². The molecule has 0 aliphatic carbocycles. The first kappa shape index (κ1) is 20.7. The summed E-state index contributed by atoms with van der Waals surface area (Å²) in [5, 5.41) is 10.9. The number of benzene rings is 1. The maximum absolute atomic E-state index is 13.4. The highest BCUT2D eigenvalue weighted by Gasteiger charge is 2.43. The molecule has 0 radical (unpaired) electrons. The van der Waals surface area contributed by atoms with Gasteiger partial charge in [-0.05, 0) is 30.5 Å². The Labute approximate surface area is 150 Å². The van der Waals surface area contributed by atoms with E-state index in [2.05, 4.69) is 4.74 Å². The average Bonchev–Trinajstić information content (AvgIpc) is 2.59. The van der Waals surface area contributed by atoms with E-state index in [1.807, 2.05) is 5.32 Å². The molecule has 6 nitrogen and oxygen atoms in total. The standard InChI is InChI=1S/C16H17F5N2O4/c17-14(18)27-11-5-3-9(4-6-11)12(16(19,20)21)22-15(26)23-7-1-2-10(8-23)13(24)25/h3-6,10,12,14H,1-2,7-8H2,(H,22,26)(H,24,25).